The van der Waals surface area contributed by atoms with Crippen LogP contribution in [0, 0.1) is 11.3 Å². The summed E-state index contributed by atoms with van der Waals surface area (Å²) in [6, 6.07) is 2.04. The Bertz CT molecular complexity index is 446. The molecule has 0 spiro atoms. The summed E-state index contributed by atoms with van der Waals surface area (Å²) in [7, 11) is 1.76. The van der Waals surface area contributed by atoms with Crippen LogP contribution in [-0.4, -0.2) is 24.5 Å². The molecule has 6 nitrogen and oxygen atoms in total. The molecule has 13 heavy (non-hydrogen) atoms. The normalized spacial score (nSPS) is 9.85. The van der Waals surface area contributed by atoms with E-state index < -0.39 is 0 Å². The zero-order valence-electron chi connectivity index (χ0n) is 6.92. The zero-order valence-corrected chi connectivity index (χ0v) is 6.92. The van der Waals surface area contributed by atoms with Gasteiger partial charge >= 0.3 is 0 Å². The molecule has 0 fully saturated rings. The Morgan fingerprint density at radius 3 is 2.69 bits per heavy atom. The van der Waals surface area contributed by atoms with Crippen molar-refractivity contribution < 1.29 is 0 Å². The Balaban J connectivity index is 2.64. The lowest BCUT2D eigenvalue weighted by Gasteiger charge is -2.00. The van der Waals surface area contributed by atoms with Gasteiger partial charge in [-0.1, -0.05) is 0 Å². The molecular weight excluding hydrogens is 168 g/mol. The Labute approximate surface area is 74.0 Å². The molecule has 0 saturated carbocycles. The highest BCUT2D eigenvalue weighted by Gasteiger charge is 2.09. The van der Waals surface area contributed by atoms with Gasteiger partial charge in [0.15, 0.2) is 5.82 Å². The number of rotatable bonds is 1. The van der Waals surface area contributed by atoms with Crippen molar-refractivity contribution >= 4 is 0 Å². The lowest BCUT2D eigenvalue weighted by Crippen LogP contribution is -2.02. The lowest BCUT2D eigenvalue weighted by atomic mass is 10.3. The average molecular weight is 174 g/mol. The molecular formula is C7H6N6. The summed E-state index contributed by atoms with van der Waals surface area (Å²) >= 11 is 0. The second kappa shape index (κ2) is 2.71. The minimum atomic E-state index is 0.502. The van der Waals surface area contributed by atoms with Gasteiger partial charge in [0.2, 0.25) is 0 Å². The first-order valence-corrected chi connectivity index (χ1v) is 3.60. The van der Waals surface area contributed by atoms with Crippen molar-refractivity contribution in [3.05, 3.63) is 24.4 Å². The molecule has 0 aliphatic carbocycles. The fourth-order valence-corrected chi connectivity index (χ4v) is 1.13. The lowest BCUT2D eigenvalue weighted by molar-refractivity contribution is 0.728. The number of hydrogen-bond acceptors (Lipinski definition) is 4. The summed E-state index contributed by atoms with van der Waals surface area (Å²) in [6.07, 6.45) is 4.56. The average Bonchev–Trinajstić information content (AvgIpc) is 2.72. The highest BCUT2D eigenvalue weighted by molar-refractivity contribution is 5.42. The van der Waals surface area contributed by atoms with Gasteiger partial charge in [0.25, 0.3) is 0 Å². The van der Waals surface area contributed by atoms with Crippen LogP contribution in [0.4, 0.5) is 0 Å². The van der Waals surface area contributed by atoms with Crippen LogP contribution >= 0.6 is 0 Å². The Kier molecular flexibility index (Phi) is 1.56. The number of aryl methyl sites for hydroxylation is 1. The van der Waals surface area contributed by atoms with E-state index in [9.17, 15) is 0 Å². The van der Waals surface area contributed by atoms with Gasteiger partial charge in [-0.25, -0.2) is 0 Å². The van der Waals surface area contributed by atoms with E-state index in [0.717, 1.165) is 0 Å². The van der Waals surface area contributed by atoms with Gasteiger partial charge in [0, 0.05) is 7.05 Å². The van der Waals surface area contributed by atoms with Crippen LogP contribution in [0.2, 0.25) is 0 Å². The van der Waals surface area contributed by atoms with Crippen molar-refractivity contribution in [1.82, 2.24) is 24.5 Å². The SMILES string of the molecule is Cn1ncc(C#N)c1-n1cnnc1. The van der Waals surface area contributed by atoms with Gasteiger partial charge in [-0.3, -0.25) is 9.25 Å². The maximum atomic E-state index is 8.77. The monoisotopic (exact) mass is 174 g/mol. The van der Waals surface area contributed by atoms with Crippen molar-refractivity contribution in [1.29, 1.82) is 5.26 Å². The second-order valence-electron chi connectivity index (χ2n) is 2.49. The van der Waals surface area contributed by atoms with Gasteiger partial charge in [-0.2, -0.15) is 10.4 Å². The van der Waals surface area contributed by atoms with E-state index in [1.807, 2.05) is 6.07 Å². The number of nitrogens with zero attached hydrogens (tertiary/aromatic N) is 6. The van der Waals surface area contributed by atoms with Crippen molar-refractivity contribution in [2.75, 3.05) is 0 Å². The van der Waals surface area contributed by atoms with E-state index in [1.165, 1.54) is 18.9 Å². The predicted molar refractivity (Wildman–Crippen MR) is 42.8 cm³/mol. The first-order valence-electron chi connectivity index (χ1n) is 3.60. The van der Waals surface area contributed by atoms with E-state index >= 15 is 0 Å². The molecule has 0 N–H and O–H groups in total. The van der Waals surface area contributed by atoms with Crippen LogP contribution in [0.1, 0.15) is 5.56 Å². The van der Waals surface area contributed by atoms with E-state index in [2.05, 4.69) is 15.3 Å². The quantitative estimate of drug-likeness (QED) is 0.603. The fraction of sp³-hybridized carbons (Fsp3) is 0.143. The van der Waals surface area contributed by atoms with Gasteiger partial charge in [-0.15, -0.1) is 10.2 Å². The van der Waals surface area contributed by atoms with Crippen LogP contribution in [0.25, 0.3) is 5.82 Å². The number of hydrogen-bond donors (Lipinski definition) is 0. The smallest absolute Gasteiger partial charge is 0.155 e. The molecule has 0 aliphatic heterocycles. The second-order valence-corrected chi connectivity index (χ2v) is 2.49. The molecule has 2 aromatic rings. The molecule has 2 rings (SSSR count). The summed E-state index contributed by atoms with van der Waals surface area (Å²) in [5.41, 5.74) is 0.502. The molecule has 64 valence electrons. The fourth-order valence-electron chi connectivity index (χ4n) is 1.13. The Morgan fingerprint density at radius 1 is 1.38 bits per heavy atom. The summed E-state index contributed by atoms with van der Waals surface area (Å²) in [5.74, 6) is 0.674. The highest BCUT2D eigenvalue weighted by atomic mass is 15.4. The molecule has 0 amide bonds. The van der Waals surface area contributed by atoms with E-state index in [4.69, 9.17) is 5.26 Å². The predicted octanol–water partition coefficient (Wildman–Crippen LogP) is -0.128. The maximum absolute atomic E-state index is 8.77. The molecule has 2 heterocycles. The Morgan fingerprint density at radius 2 is 2.08 bits per heavy atom. The molecule has 0 aliphatic rings. The molecule has 0 aromatic carbocycles. The molecule has 0 saturated heterocycles. The molecule has 2 aromatic heterocycles. The van der Waals surface area contributed by atoms with Crippen LogP contribution in [-0.2, 0) is 7.05 Å². The molecule has 0 radical (unpaired) electrons. The summed E-state index contributed by atoms with van der Waals surface area (Å²) in [6.45, 7) is 0. The number of aromatic nitrogens is 5. The van der Waals surface area contributed by atoms with Crippen LogP contribution < -0.4 is 0 Å². The summed E-state index contributed by atoms with van der Waals surface area (Å²) in [5, 5.41) is 20.0. The van der Waals surface area contributed by atoms with E-state index in [1.54, 1.807) is 16.3 Å². The van der Waals surface area contributed by atoms with Gasteiger partial charge in [0.1, 0.15) is 24.3 Å². The molecule has 0 atom stereocenters. The van der Waals surface area contributed by atoms with Gasteiger partial charge in [0.05, 0.1) is 6.20 Å². The van der Waals surface area contributed by atoms with Crippen LogP contribution in [0.5, 0.6) is 0 Å². The standard InChI is InChI=1S/C7H6N6/c1-12-7(6(2-8)3-11-12)13-4-9-10-5-13/h3-5H,1H3. The maximum Gasteiger partial charge on any atom is 0.155 e. The first-order chi connectivity index (χ1) is 6.33. The minimum Gasteiger partial charge on any atom is -0.271 e. The minimum absolute atomic E-state index is 0.502. The topological polar surface area (TPSA) is 72.3 Å². The largest absolute Gasteiger partial charge is 0.271 e. The molecule has 0 unspecified atom stereocenters. The van der Waals surface area contributed by atoms with Crippen molar-refractivity contribution in [3.8, 4) is 11.9 Å². The summed E-state index contributed by atoms with van der Waals surface area (Å²) < 4.78 is 3.24. The molecule has 0 bridgehead atoms. The third-order valence-corrected chi connectivity index (χ3v) is 1.69. The third-order valence-electron chi connectivity index (χ3n) is 1.69. The van der Waals surface area contributed by atoms with E-state index in [0.29, 0.717) is 11.4 Å². The highest BCUT2D eigenvalue weighted by Crippen LogP contribution is 2.10. The van der Waals surface area contributed by atoms with Gasteiger partial charge in [-0.05, 0) is 0 Å². The molecule has 6 heteroatoms. The first kappa shape index (κ1) is 7.49. The van der Waals surface area contributed by atoms with Crippen molar-refractivity contribution in [3.63, 3.8) is 0 Å². The van der Waals surface area contributed by atoms with E-state index in [-0.39, 0.29) is 0 Å². The summed E-state index contributed by atoms with van der Waals surface area (Å²) in [4.78, 5) is 0. The van der Waals surface area contributed by atoms with Crippen LogP contribution in [0.15, 0.2) is 18.9 Å². The van der Waals surface area contributed by atoms with Crippen LogP contribution in [0.3, 0.4) is 0 Å². The van der Waals surface area contributed by atoms with Crippen molar-refractivity contribution in [2.45, 2.75) is 0 Å². The van der Waals surface area contributed by atoms with Crippen molar-refractivity contribution in [2.24, 2.45) is 7.05 Å². The third kappa shape index (κ3) is 1.06. The van der Waals surface area contributed by atoms with Gasteiger partial charge < -0.3 is 0 Å². The zero-order chi connectivity index (χ0) is 9.26. The Hall–Kier alpha value is -2.16. The number of nitriles is 1.